The Balaban J connectivity index is 1.62. The maximum absolute atomic E-state index is 12.1. The molecule has 3 rings (SSSR count). The summed E-state index contributed by atoms with van der Waals surface area (Å²) in [5, 5.41) is 8.57. The summed E-state index contributed by atoms with van der Waals surface area (Å²) in [4.78, 5) is 13.4. The molecule has 116 valence electrons. The second-order valence-electron chi connectivity index (χ2n) is 5.93. The van der Waals surface area contributed by atoms with Gasteiger partial charge in [-0.1, -0.05) is 36.4 Å². The first-order valence-electron chi connectivity index (χ1n) is 7.85. The summed E-state index contributed by atoms with van der Waals surface area (Å²) >= 11 is 1.71. The number of carbonyl (C=O) groups is 1. The Kier molecular flexibility index (Phi) is 4.90. The number of benzene rings is 1. The number of hydrogen-bond donors (Lipinski definition) is 2. The Bertz CT molecular complexity index is 593. The number of hydrogen-bond acceptors (Lipinski definition) is 3. The summed E-state index contributed by atoms with van der Waals surface area (Å²) in [5.41, 5.74) is 1.19. The zero-order valence-electron chi connectivity index (χ0n) is 12.8. The molecular formula is C18H22N2OS. The summed E-state index contributed by atoms with van der Waals surface area (Å²) in [6, 6.07) is 14.8. The van der Waals surface area contributed by atoms with Crippen LogP contribution in [0.5, 0.6) is 0 Å². The predicted octanol–water partition coefficient (Wildman–Crippen LogP) is 3.34. The molecule has 0 aliphatic heterocycles. The van der Waals surface area contributed by atoms with Gasteiger partial charge in [-0.3, -0.25) is 10.1 Å². The van der Waals surface area contributed by atoms with E-state index < -0.39 is 0 Å². The molecule has 1 aliphatic rings. The van der Waals surface area contributed by atoms with Gasteiger partial charge in [0, 0.05) is 10.9 Å². The van der Waals surface area contributed by atoms with E-state index in [1.54, 1.807) is 11.3 Å². The zero-order chi connectivity index (χ0) is 15.4. The van der Waals surface area contributed by atoms with Crippen LogP contribution in [0.1, 0.15) is 36.2 Å². The van der Waals surface area contributed by atoms with Gasteiger partial charge in [0.15, 0.2) is 0 Å². The molecule has 2 N–H and O–H groups in total. The Morgan fingerprint density at radius 1 is 1.23 bits per heavy atom. The van der Waals surface area contributed by atoms with Gasteiger partial charge >= 0.3 is 0 Å². The Labute approximate surface area is 135 Å². The lowest BCUT2D eigenvalue weighted by atomic mass is 10.1. The van der Waals surface area contributed by atoms with Gasteiger partial charge in [0.2, 0.25) is 5.91 Å². The first-order valence-corrected chi connectivity index (χ1v) is 8.73. The van der Waals surface area contributed by atoms with Crippen molar-refractivity contribution in [2.45, 2.75) is 31.8 Å². The van der Waals surface area contributed by atoms with E-state index in [0.717, 1.165) is 0 Å². The molecule has 1 fully saturated rings. The van der Waals surface area contributed by atoms with E-state index in [2.05, 4.69) is 41.1 Å². The van der Waals surface area contributed by atoms with Gasteiger partial charge in [0.25, 0.3) is 0 Å². The second-order valence-corrected chi connectivity index (χ2v) is 6.91. The van der Waals surface area contributed by atoms with Crippen molar-refractivity contribution in [3.8, 4) is 0 Å². The van der Waals surface area contributed by atoms with Crippen LogP contribution in [-0.2, 0) is 4.79 Å². The first-order chi connectivity index (χ1) is 10.7. The van der Waals surface area contributed by atoms with Gasteiger partial charge in [-0.2, -0.15) is 0 Å². The molecule has 1 aromatic carbocycles. The molecule has 1 aromatic heterocycles. The van der Waals surface area contributed by atoms with Crippen LogP contribution in [0.3, 0.4) is 0 Å². The molecule has 0 saturated heterocycles. The van der Waals surface area contributed by atoms with Crippen molar-refractivity contribution in [1.82, 2.24) is 10.6 Å². The third-order valence-corrected chi connectivity index (χ3v) is 5.08. The standard InChI is InChI=1S/C18H22N2OS/c1-13(14-9-10-14)20-17(21)12-19-18(16-8-5-11-22-16)15-6-3-2-4-7-15/h2-8,11,13-14,18-19H,9-10,12H2,1H3,(H,20,21)/t13-,18+/m1/s1. The minimum absolute atomic E-state index is 0.0724. The fraction of sp³-hybridized carbons (Fsp3) is 0.389. The van der Waals surface area contributed by atoms with Crippen LogP contribution in [-0.4, -0.2) is 18.5 Å². The van der Waals surface area contributed by atoms with Gasteiger partial charge < -0.3 is 5.32 Å². The lowest BCUT2D eigenvalue weighted by Gasteiger charge is -2.19. The molecule has 2 aromatic rings. The van der Waals surface area contributed by atoms with Crippen molar-refractivity contribution in [2.75, 3.05) is 6.54 Å². The zero-order valence-corrected chi connectivity index (χ0v) is 13.6. The topological polar surface area (TPSA) is 41.1 Å². The third-order valence-electron chi connectivity index (χ3n) is 4.15. The monoisotopic (exact) mass is 314 g/mol. The second kappa shape index (κ2) is 7.07. The maximum atomic E-state index is 12.1. The van der Waals surface area contributed by atoms with Crippen LogP contribution >= 0.6 is 11.3 Å². The Hall–Kier alpha value is -1.65. The summed E-state index contributed by atoms with van der Waals surface area (Å²) in [5.74, 6) is 0.767. The molecule has 0 spiro atoms. The molecule has 1 heterocycles. The van der Waals surface area contributed by atoms with E-state index >= 15 is 0 Å². The van der Waals surface area contributed by atoms with Crippen molar-refractivity contribution in [2.24, 2.45) is 5.92 Å². The van der Waals surface area contributed by atoms with E-state index in [9.17, 15) is 4.79 Å². The van der Waals surface area contributed by atoms with Crippen molar-refractivity contribution in [3.63, 3.8) is 0 Å². The highest BCUT2D eigenvalue weighted by Crippen LogP contribution is 2.32. The lowest BCUT2D eigenvalue weighted by Crippen LogP contribution is -2.41. The van der Waals surface area contributed by atoms with Gasteiger partial charge in [-0.05, 0) is 42.7 Å². The molecule has 4 heteroatoms. The molecule has 0 unspecified atom stereocenters. The molecule has 3 nitrogen and oxygen atoms in total. The van der Waals surface area contributed by atoms with Gasteiger partial charge in [-0.25, -0.2) is 0 Å². The van der Waals surface area contributed by atoms with Crippen LogP contribution < -0.4 is 10.6 Å². The van der Waals surface area contributed by atoms with E-state index in [-0.39, 0.29) is 11.9 Å². The summed E-state index contributed by atoms with van der Waals surface area (Å²) in [6.45, 7) is 2.44. The molecule has 1 amide bonds. The number of thiophene rings is 1. The number of carbonyl (C=O) groups excluding carboxylic acids is 1. The smallest absolute Gasteiger partial charge is 0.234 e. The average molecular weight is 314 g/mol. The summed E-state index contributed by atoms with van der Waals surface area (Å²) in [6.07, 6.45) is 2.49. The molecule has 0 bridgehead atoms. The maximum Gasteiger partial charge on any atom is 0.234 e. The van der Waals surface area contributed by atoms with Crippen molar-refractivity contribution in [1.29, 1.82) is 0 Å². The van der Waals surface area contributed by atoms with E-state index in [1.807, 2.05) is 24.3 Å². The lowest BCUT2D eigenvalue weighted by molar-refractivity contribution is -0.121. The fourth-order valence-corrected chi connectivity index (χ4v) is 3.52. The van der Waals surface area contributed by atoms with Crippen molar-refractivity contribution in [3.05, 3.63) is 58.3 Å². The van der Waals surface area contributed by atoms with Crippen LogP contribution in [0.15, 0.2) is 47.8 Å². The summed E-state index contributed by atoms with van der Waals surface area (Å²) < 4.78 is 0. The number of amides is 1. The Morgan fingerprint density at radius 3 is 2.64 bits per heavy atom. The molecule has 0 radical (unpaired) electrons. The predicted molar refractivity (Wildman–Crippen MR) is 90.9 cm³/mol. The summed E-state index contributed by atoms with van der Waals surface area (Å²) in [7, 11) is 0. The van der Waals surface area contributed by atoms with Crippen LogP contribution in [0.4, 0.5) is 0 Å². The number of rotatable bonds is 7. The molecule has 1 aliphatic carbocycles. The molecule has 2 atom stereocenters. The molecule has 22 heavy (non-hydrogen) atoms. The van der Waals surface area contributed by atoms with Gasteiger partial charge in [0.05, 0.1) is 12.6 Å². The third kappa shape index (κ3) is 3.96. The average Bonchev–Trinajstić information content (AvgIpc) is 3.25. The van der Waals surface area contributed by atoms with Crippen LogP contribution in [0, 0.1) is 5.92 Å². The van der Waals surface area contributed by atoms with Gasteiger partial charge in [-0.15, -0.1) is 11.3 Å². The van der Waals surface area contributed by atoms with Crippen molar-refractivity contribution < 1.29 is 4.79 Å². The Morgan fingerprint density at radius 2 is 2.00 bits per heavy atom. The highest BCUT2D eigenvalue weighted by Gasteiger charge is 2.28. The van der Waals surface area contributed by atoms with Crippen LogP contribution in [0.2, 0.25) is 0 Å². The SMILES string of the molecule is C[C@@H](NC(=O)CN[C@@H](c1ccccc1)c1cccs1)C1CC1. The quantitative estimate of drug-likeness (QED) is 0.823. The highest BCUT2D eigenvalue weighted by atomic mass is 32.1. The first kappa shape index (κ1) is 15.3. The van der Waals surface area contributed by atoms with E-state index in [4.69, 9.17) is 0 Å². The number of nitrogens with one attached hydrogen (secondary N) is 2. The fourth-order valence-electron chi connectivity index (χ4n) is 2.70. The highest BCUT2D eigenvalue weighted by molar-refractivity contribution is 7.10. The minimum Gasteiger partial charge on any atom is -0.352 e. The normalized spacial score (nSPS) is 17.0. The van der Waals surface area contributed by atoms with Crippen molar-refractivity contribution >= 4 is 17.2 Å². The molecule has 1 saturated carbocycles. The largest absolute Gasteiger partial charge is 0.352 e. The molecular weight excluding hydrogens is 292 g/mol. The van der Waals surface area contributed by atoms with E-state index in [1.165, 1.54) is 23.3 Å². The van der Waals surface area contributed by atoms with Gasteiger partial charge in [0.1, 0.15) is 0 Å². The van der Waals surface area contributed by atoms with Crippen LogP contribution in [0.25, 0.3) is 0 Å². The van der Waals surface area contributed by atoms with E-state index in [0.29, 0.717) is 18.5 Å². The minimum atomic E-state index is 0.0724.